The Morgan fingerprint density at radius 3 is 2.71 bits per heavy atom. The van der Waals surface area contributed by atoms with Gasteiger partial charge in [0.05, 0.1) is 22.2 Å². The molecular weight excluding hydrogens is 276 g/mol. The van der Waals surface area contributed by atoms with Gasteiger partial charge in [0, 0.05) is 19.2 Å². The fourth-order valence-electron chi connectivity index (χ4n) is 1.83. The number of phenols is 1. The highest BCUT2D eigenvalue weighted by atomic mass is 16.6. The Morgan fingerprint density at radius 2 is 2.19 bits per heavy atom. The molecule has 0 spiro atoms. The normalized spacial score (nSPS) is 10.4. The van der Waals surface area contributed by atoms with Crippen LogP contribution in [0.1, 0.15) is 23.0 Å². The van der Waals surface area contributed by atoms with Crippen molar-refractivity contribution in [3.63, 3.8) is 0 Å². The maximum Gasteiger partial charge on any atom is 0.273 e. The summed E-state index contributed by atoms with van der Waals surface area (Å²) in [6, 6.07) is 5.03. The van der Waals surface area contributed by atoms with Gasteiger partial charge in [-0.2, -0.15) is 5.10 Å². The van der Waals surface area contributed by atoms with Crippen molar-refractivity contribution in [2.75, 3.05) is 5.32 Å². The minimum absolute atomic E-state index is 0.0418. The van der Waals surface area contributed by atoms with Crippen molar-refractivity contribution in [2.45, 2.75) is 13.3 Å². The number of carbonyl (C=O) groups excluding carboxylic acids is 1. The fourth-order valence-corrected chi connectivity index (χ4v) is 1.83. The van der Waals surface area contributed by atoms with Crippen molar-refractivity contribution < 1.29 is 14.8 Å². The van der Waals surface area contributed by atoms with E-state index < -0.39 is 16.6 Å². The number of aromatic hydroxyl groups is 1. The Kier molecular flexibility index (Phi) is 3.88. The molecule has 0 unspecified atom stereocenters. The summed E-state index contributed by atoms with van der Waals surface area (Å²) >= 11 is 0. The predicted octanol–water partition coefficient (Wildman–Crippen LogP) is 1.85. The van der Waals surface area contributed by atoms with Crippen molar-refractivity contribution >= 4 is 17.4 Å². The third-order valence-electron chi connectivity index (χ3n) is 2.97. The summed E-state index contributed by atoms with van der Waals surface area (Å²) in [5.74, 6) is -0.526. The van der Waals surface area contributed by atoms with Gasteiger partial charge in [-0.1, -0.05) is 6.92 Å². The molecule has 0 atom stereocenters. The van der Waals surface area contributed by atoms with E-state index in [4.69, 9.17) is 0 Å². The standard InChI is InChI=1S/C13H14N4O4/c1-3-8-6-12(16(2)15-8)14-13(19)10-5-4-9(17(20)21)7-11(10)18/h4-7,18H,3H2,1-2H3,(H,14,19). The lowest BCUT2D eigenvalue weighted by molar-refractivity contribution is -0.384. The molecule has 1 amide bonds. The summed E-state index contributed by atoms with van der Waals surface area (Å²) in [4.78, 5) is 22.0. The topological polar surface area (TPSA) is 110 Å². The summed E-state index contributed by atoms with van der Waals surface area (Å²) in [5.41, 5.74) is 0.499. The smallest absolute Gasteiger partial charge is 0.273 e. The number of nitrogens with zero attached hydrogens (tertiary/aromatic N) is 3. The minimum atomic E-state index is -0.643. The quantitative estimate of drug-likeness (QED) is 0.659. The maximum absolute atomic E-state index is 12.1. The minimum Gasteiger partial charge on any atom is -0.507 e. The van der Waals surface area contributed by atoms with E-state index in [1.807, 2.05) is 6.92 Å². The van der Waals surface area contributed by atoms with Crippen molar-refractivity contribution in [2.24, 2.45) is 7.05 Å². The van der Waals surface area contributed by atoms with Gasteiger partial charge in [0.15, 0.2) is 0 Å². The highest BCUT2D eigenvalue weighted by Crippen LogP contribution is 2.24. The molecule has 0 aliphatic heterocycles. The number of anilines is 1. The Morgan fingerprint density at radius 1 is 1.48 bits per heavy atom. The van der Waals surface area contributed by atoms with Gasteiger partial charge in [-0.25, -0.2) is 0 Å². The van der Waals surface area contributed by atoms with Crippen molar-refractivity contribution in [3.8, 4) is 5.75 Å². The summed E-state index contributed by atoms with van der Waals surface area (Å²) in [6.45, 7) is 1.94. The molecule has 0 saturated carbocycles. The first-order valence-electron chi connectivity index (χ1n) is 6.24. The molecule has 0 radical (unpaired) electrons. The second-order valence-electron chi connectivity index (χ2n) is 4.41. The summed E-state index contributed by atoms with van der Waals surface area (Å²) < 4.78 is 1.51. The monoisotopic (exact) mass is 290 g/mol. The van der Waals surface area contributed by atoms with Gasteiger partial charge in [-0.3, -0.25) is 19.6 Å². The summed E-state index contributed by atoms with van der Waals surface area (Å²) in [7, 11) is 1.68. The number of rotatable bonds is 4. The number of nitro benzene ring substituents is 1. The number of phenolic OH excluding ortho intramolecular Hbond substituents is 1. The van der Waals surface area contributed by atoms with E-state index in [0.717, 1.165) is 24.2 Å². The van der Waals surface area contributed by atoms with Crippen LogP contribution in [0.2, 0.25) is 0 Å². The van der Waals surface area contributed by atoms with Gasteiger partial charge < -0.3 is 10.4 Å². The molecule has 1 aromatic carbocycles. The van der Waals surface area contributed by atoms with Gasteiger partial charge in [0.1, 0.15) is 11.6 Å². The molecule has 21 heavy (non-hydrogen) atoms. The predicted molar refractivity (Wildman–Crippen MR) is 75.3 cm³/mol. The van der Waals surface area contributed by atoms with E-state index in [1.54, 1.807) is 13.1 Å². The molecule has 1 heterocycles. The van der Waals surface area contributed by atoms with Crippen LogP contribution in [0.4, 0.5) is 11.5 Å². The first-order chi connectivity index (χ1) is 9.92. The number of aryl methyl sites for hydroxylation is 2. The molecule has 0 fully saturated rings. The lowest BCUT2D eigenvalue weighted by Crippen LogP contribution is -2.14. The molecule has 2 aromatic rings. The van der Waals surface area contributed by atoms with Gasteiger partial charge in [-0.15, -0.1) is 0 Å². The largest absolute Gasteiger partial charge is 0.507 e. The molecule has 2 N–H and O–H groups in total. The second-order valence-corrected chi connectivity index (χ2v) is 4.41. The molecule has 1 aromatic heterocycles. The van der Waals surface area contributed by atoms with Crippen LogP contribution >= 0.6 is 0 Å². The molecule has 0 aliphatic carbocycles. The first-order valence-corrected chi connectivity index (χ1v) is 6.24. The molecule has 8 nitrogen and oxygen atoms in total. The number of hydrogen-bond acceptors (Lipinski definition) is 5. The van der Waals surface area contributed by atoms with Crippen LogP contribution in [0.15, 0.2) is 24.3 Å². The highest BCUT2D eigenvalue weighted by Gasteiger charge is 2.17. The molecule has 0 saturated heterocycles. The SMILES string of the molecule is CCc1cc(NC(=O)c2ccc([N+](=O)[O-])cc2O)n(C)n1. The van der Waals surface area contributed by atoms with Crippen LogP contribution in [-0.4, -0.2) is 25.7 Å². The third kappa shape index (κ3) is 2.99. The van der Waals surface area contributed by atoms with Crippen molar-refractivity contribution in [1.29, 1.82) is 0 Å². The van der Waals surface area contributed by atoms with Gasteiger partial charge in [0.2, 0.25) is 0 Å². The van der Waals surface area contributed by atoms with Crippen LogP contribution in [-0.2, 0) is 13.5 Å². The number of nitro groups is 1. The van der Waals surface area contributed by atoms with Gasteiger partial charge in [-0.05, 0) is 12.5 Å². The van der Waals surface area contributed by atoms with Crippen LogP contribution < -0.4 is 5.32 Å². The van der Waals surface area contributed by atoms with Crippen molar-refractivity contribution in [1.82, 2.24) is 9.78 Å². The molecule has 0 aliphatic rings. The van der Waals surface area contributed by atoms with E-state index in [0.29, 0.717) is 5.82 Å². The van der Waals surface area contributed by atoms with E-state index in [9.17, 15) is 20.0 Å². The van der Waals surface area contributed by atoms with Crippen LogP contribution in [0.25, 0.3) is 0 Å². The Labute approximate surface area is 120 Å². The highest BCUT2D eigenvalue weighted by molar-refractivity contribution is 6.05. The lowest BCUT2D eigenvalue weighted by Gasteiger charge is -2.06. The first kappa shape index (κ1) is 14.5. The zero-order valence-electron chi connectivity index (χ0n) is 11.5. The third-order valence-corrected chi connectivity index (χ3v) is 2.97. The number of non-ortho nitro benzene ring substituents is 1. The van der Waals surface area contributed by atoms with E-state index in [1.165, 1.54) is 10.7 Å². The van der Waals surface area contributed by atoms with E-state index in [-0.39, 0.29) is 11.3 Å². The second kappa shape index (κ2) is 5.61. The van der Waals surface area contributed by atoms with Crippen LogP contribution in [0.3, 0.4) is 0 Å². The number of carbonyl (C=O) groups is 1. The fraction of sp³-hybridized carbons (Fsp3) is 0.231. The Balaban J connectivity index is 2.24. The zero-order chi connectivity index (χ0) is 15.6. The molecule has 110 valence electrons. The van der Waals surface area contributed by atoms with Gasteiger partial charge >= 0.3 is 0 Å². The number of nitrogens with one attached hydrogen (secondary N) is 1. The van der Waals surface area contributed by atoms with E-state index >= 15 is 0 Å². The van der Waals surface area contributed by atoms with Crippen LogP contribution in [0, 0.1) is 10.1 Å². The average Bonchev–Trinajstić information content (AvgIpc) is 2.79. The summed E-state index contributed by atoms with van der Waals surface area (Å²) in [5, 5.41) is 27.1. The van der Waals surface area contributed by atoms with E-state index in [2.05, 4.69) is 10.4 Å². The Hall–Kier alpha value is -2.90. The van der Waals surface area contributed by atoms with Crippen LogP contribution in [0.5, 0.6) is 5.75 Å². The number of amides is 1. The average molecular weight is 290 g/mol. The molecule has 0 bridgehead atoms. The summed E-state index contributed by atoms with van der Waals surface area (Å²) in [6.07, 6.45) is 0.729. The van der Waals surface area contributed by atoms with Gasteiger partial charge in [0.25, 0.3) is 11.6 Å². The lowest BCUT2D eigenvalue weighted by atomic mass is 10.1. The van der Waals surface area contributed by atoms with Crippen molar-refractivity contribution in [3.05, 3.63) is 45.6 Å². The maximum atomic E-state index is 12.1. The number of benzene rings is 1. The number of aromatic nitrogens is 2. The zero-order valence-corrected chi connectivity index (χ0v) is 11.5. The Bertz CT molecular complexity index is 708. The molecule has 2 rings (SSSR count). The number of hydrogen-bond donors (Lipinski definition) is 2. The molecular formula is C13H14N4O4. The molecule has 8 heteroatoms.